The number of carbonyl (C=O) groups is 1. The number of hydrogen-bond acceptors (Lipinski definition) is 2. The van der Waals surface area contributed by atoms with E-state index in [1.807, 2.05) is 27.7 Å². The Kier molecular flexibility index (Phi) is 3.04. The fourth-order valence-corrected chi connectivity index (χ4v) is 2.12. The summed E-state index contributed by atoms with van der Waals surface area (Å²) < 4.78 is 0. The Hall–Kier alpha value is -0.770. The van der Waals surface area contributed by atoms with Crippen molar-refractivity contribution in [2.24, 2.45) is 0 Å². The lowest BCUT2D eigenvalue weighted by Gasteiger charge is -2.39. The van der Waals surface area contributed by atoms with Crippen molar-refractivity contribution in [2.75, 3.05) is 6.54 Å². The van der Waals surface area contributed by atoms with Crippen LogP contribution < -0.4 is 5.32 Å². The van der Waals surface area contributed by atoms with E-state index in [9.17, 15) is 9.90 Å². The molecule has 0 radical (unpaired) electrons. The molecule has 1 heterocycles. The van der Waals surface area contributed by atoms with Gasteiger partial charge in [0.15, 0.2) is 0 Å². The fourth-order valence-electron chi connectivity index (χ4n) is 2.12. The predicted octanol–water partition coefficient (Wildman–Crippen LogP) is 1.52. The van der Waals surface area contributed by atoms with Crippen molar-refractivity contribution in [3.05, 3.63) is 0 Å². The molecule has 0 aromatic rings. The van der Waals surface area contributed by atoms with Crippen molar-refractivity contribution in [3.63, 3.8) is 0 Å². The number of rotatable bonds is 1. The summed E-state index contributed by atoms with van der Waals surface area (Å²) in [6.07, 6.45) is 0.0862. The van der Waals surface area contributed by atoms with Gasteiger partial charge in [-0.3, -0.25) is 4.90 Å². The second-order valence-corrected chi connectivity index (χ2v) is 4.92. The third-order valence-electron chi connectivity index (χ3n) is 2.74. The Morgan fingerprint density at radius 1 is 1.50 bits per heavy atom. The van der Waals surface area contributed by atoms with Crippen LogP contribution >= 0.6 is 0 Å². The molecule has 1 saturated heterocycles. The molecule has 1 unspecified atom stereocenters. The summed E-state index contributed by atoms with van der Waals surface area (Å²) in [6, 6.07) is 0.359. The molecule has 0 saturated carbocycles. The molecule has 4 heteroatoms. The van der Waals surface area contributed by atoms with Gasteiger partial charge in [0.25, 0.3) is 0 Å². The van der Waals surface area contributed by atoms with Crippen molar-refractivity contribution in [1.29, 1.82) is 0 Å². The minimum absolute atomic E-state index is 0.104. The van der Waals surface area contributed by atoms with Gasteiger partial charge in [0.2, 0.25) is 0 Å². The van der Waals surface area contributed by atoms with Gasteiger partial charge in [0.1, 0.15) is 0 Å². The van der Waals surface area contributed by atoms with Gasteiger partial charge in [-0.1, -0.05) is 0 Å². The molecule has 2 N–H and O–H groups in total. The highest BCUT2D eigenvalue weighted by atomic mass is 16.4. The second-order valence-electron chi connectivity index (χ2n) is 4.92. The quantitative estimate of drug-likeness (QED) is 0.674. The molecule has 4 nitrogen and oxygen atoms in total. The molecular formula is C10H20N2O2. The Labute approximate surface area is 85.3 Å². The highest BCUT2D eigenvalue weighted by Gasteiger charge is 2.38. The monoisotopic (exact) mass is 200 g/mol. The molecular weight excluding hydrogens is 180 g/mol. The summed E-state index contributed by atoms with van der Waals surface area (Å²) >= 11 is 0. The molecule has 1 fully saturated rings. The first-order chi connectivity index (χ1) is 6.34. The molecule has 1 aliphatic rings. The maximum absolute atomic E-state index is 11.2. The van der Waals surface area contributed by atoms with Crippen LogP contribution in [-0.4, -0.2) is 40.3 Å². The molecule has 0 aromatic heterocycles. The molecule has 1 rings (SSSR count). The van der Waals surface area contributed by atoms with Gasteiger partial charge in [-0.05, 0) is 40.7 Å². The van der Waals surface area contributed by atoms with E-state index in [0.29, 0.717) is 0 Å². The van der Waals surface area contributed by atoms with Crippen LogP contribution in [0.15, 0.2) is 0 Å². The lowest BCUT2D eigenvalue weighted by Crippen LogP contribution is -2.54. The molecule has 82 valence electrons. The summed E-state index contributed by atoms with van der Waals surface area (Å²) in [5, 5.41) is 12.5. The largest absolute Gasteiger partial charge is 0.465 e. The van der Waals surface area contributed by atoms with E-state index in [4.69, 9.17) is 0 Å². The van der Waals surface area contributed by atoms with Crippen LogP contribution in [0.5, 0.6) is 0 Å². The van der Waals surface area contributed by atoms with Crippen LogP contribution in [0.1, 0.15) is 34.1 Å². The maximum Gasteiger partial charge on any atom is 0.408 e. The average Bonchev–Trinajstić information content (AvgIpc) is 2.32. The van der Waals surface area contributed by atoms with E-state index < -0.39 is 6.09 Å². The summed E-state index contributed by atoms with van der Waals surface area (Å²) in [7, 11) is 0. The third kappa shape index (κ3) is 2.18. The normalized spacial score (nSPS) is 27.7. The second kappa shape index (κ2) is 3.77. The fraction of sp³-hybridized carbons (Fsp3) is 0.900. The molecule has 0 bridgehead atoms. The van der Waals surface area contributed by atoms with E-state index in [2.05, 4.69) is 5.32 Å². The zero-order chi connectivity index (χ0) is 10.9. The highest BCUT2D eigenvalue weighted by Crippen LogP contribution is 2.23. The van der Waals surface area contributed by atoms with Crippen molar-refractivity contribution in [1.82, 2.24) is 10.2 Å². The van der Waals surface area contributed by atoms with E-state index >= 15 is 0 Å². The van der Waals surface area contributed by atoms with Crippen LogP contribution in [0.3, 0.4) is 0 Å². The first-order valence-corrected chi connectivity index (χ1v) is 5.09. The number of amides is 1. The summed E-state index contributed by atoms with van der Waals surface area (Å²) in [4.78, 5) is 12.7. The van der Waals surface area contributed by atoms with E-state index in [1.54, 1.807) is 4.90 Å². The smallest absolute Gasteiger partial charge is 0.408 e. The molecule has 0 aromatic carbocycles. The molecule has 0 spiro atoms. The van der Waals surface area contributed by atoms with Gasteiger partial charge < -0.3 is 10.4 Å². The van der Waals surface area contributed by atoms with Crippen LogP contribution in [0.25, 0.3) is 0 Å². The van der Waals surface area contributed by atoms with Gasteiger partial charge in [0.05, 0.1) is 6.04 Å². The third-order valence-corrected chi connectivity index (χ3v) is 2.74. The van der Waals surface area contributed by atoms with Crippen molar-refractivity contribution < 1.29 is 9.90 Å². The molecule has 14 heavy (non-hydrogen) atoms. The van der Waals surface area contributed by atoms with Gasteiger partial charge >= 0.3 is 6.09 Å². The van der Waals surface area contributed by atoms with E-state index in [1.165, 1.54) is 0 Å². The molecule has 0 aliphatic carbocycles. The maximum atomic E-state index is 11.2. The number of nitrogens with one attached hydrogen (secondary N) is 1. The SMILES string of the molecule is CC1NCC[C@H]1N(C(=O)O)C(C)(C)C. The minimum atomic E-state index is -0.821. The Bertz CT molecular complexity index is 223. The van der Waals surface area contributed by atoms with E-state index in [-0.39, 0.29) is 17.6 Å². The summed E-state index contributed by atoms with van der Waals surface area (Å²) in [5.41, 5.74) is -0.323. The Morgan fingerprint density at radius 3 is 2.36 bits per heavy atom. The van der Waals surface area contributed by atoms with Crippen LogP contribution in [-0.2, 0) is 0 Å². The van der Waals surface area contributed by atoms with Gasteiger partial charge in [-0.15, -0.1) is 0 Å². The Morgan fingerprint density at radius 2 is 2.07 bits per heavy atom. The van der Waals surface area contributed by atoms with Gasteiger partial charge in [0, 0.05) is 11.6 Å². The number of hydrogen-bond donors (Lipinski definition) is 2. The standard InChI is InChI=1S/C10H20N2O2/c1-7-8(5-6-11-7)12(9(13)14)10(2,3)4/h7-8,11H,5-6H2,1-4H3,(H,13,14)/t7?,8-/m1/s1. The van der Waals surface area contributed by atoms with Crippen LogP contribution in [0.4, 0.5) is 4.79 Å². The minimum Gasteiger partial charge on any atom is -0.465 e. The summed E-state index contributed by atoms with van der Waals surface area (Å²) in [5.74, 6) is 0. The van der Waals surface area contributed by atoms with Crippen molar-refractivity contribution in [3.8, 4) is 0 Å². The number of carboxylic acid groups (broad SMARTS) is 1. The summed E-state index contributed by atoms with van der Waals surface area (Å²) in [6.45, 7) is 8.76. The van der Waals surface area contributed by atoms with E-state index in [0.717, 1.165) is 13.0 Å². The number of nitrogens with zero attached hydrogens (tertiary/aromatic N) is 1. The molecule has 1 aliphatic heterocycles. The van der Waals surface area contributed by atoms with Gasteiger partial charge in [-0.2, -0.15) is 0 Å². The van der Waals surface area contributed by atoms with Crippen LogP contribution in [0, 0.1) is 0 Å². The average molecular weight is 200 g/mol. The first kappa shape index (κ1) is 11.3. The topological polar surface area (TPSA) is 52.6 Å². The Balaban J connectivity index is 2.83. The first-order valence-electron chi connectivity index (χ1n) is 5.09. The zero-order valence-electron chi connectivity index (χ0n) is 9.37. The molecule has 2 atom stereocenters. The highest BCUT2D eigenvalue weighted by molar-refractivity contribution is 5.66. The zero-order valence-corrected chi connectivity index (χ0v) is 9.37. The molecule has 1 amide bonds. The lowest BCUT2D eigenvalue weighted by atomic mass is 10.00. The van der Waals surface area contributed by atoms with Crippen molar-refractivity contribution >= 4 is 6.09 Å². The van der Waals surface area contributed by atoms with Gasteiger partial charge in [-0.25, -0.2) is 4.79 Å². The predicted molar refractivity (Wildman–Crippen MR) is 55.5 cm³/mol. The van der Waals surface area contributed by atoms with Crippen LogP contribution in [0.2, 0.25) is 0 Å². The lowest BCUT2D eigenvalue weighted by molar-refractivity contribution is 0.0674. The van der Waals surface area contributed by atoms with Crippen molar-refractivity contribution in [2.45, 2.75) is 51.7 Å².